The van der Waals surface area contributed by atoms with Gasteiger partial charge >= 0.3 is 0 Å². The number of hydrogen-bond acceptors (Lipinski definition) is 5. The Labute approximate surface area is 152 Å². The minimum Gasteiger partial charge on any atom is -0.373 e. The number of morpholine rings is 1. The van der Waals surface area contributed by atoms with Crippen LogP contribution in [0.2, 0.25) is 0 Å². The molecule has 0 radical (unpaired) electrons. The average Bonchev–Trinajstić information content (AvgIpc) is 2.98. The fourth-order valence-electron chi connectivity index (χ4n) is 3.43. The molecule has 0 spiro atoms. The number of aryl methyl sites for hydroxylation is 2. The van der Waals surface area contributed by atoms with Crippen LogP contribution in [0.15, 0.2) is 29.3 Å². The van der Waals surface area contributed by atoms with E-state index in [1.807, 2.05) is 32.2 Å². The molecule has 26 heavy (non-hydrogen) atoms. The zero-order chi connectivity index (χ0) is 18.8. The Morgan fingerprint density at radius 1 is 1.42 bits per heavy atom. The number of likely N-dealkylation sites (N-methyl/N-ethyl adjacent to an activating group) is 1. The van der Waals surface area contributed by atoms with Gasteiger partial charge in [0.25, 0.3) is 5.91 Å². The van der Waals surface area contributed by atoms with E-state index in [9.17, 15) is 9.59 Å². The van der Waals surface area contributed by atoms with Crippen LogP contribution in [0.25, 0.3) is 0 Å². The van der Waals surface area contributed by atoms with E-state index in [1.54, 1.807) is 28.8 Å². The van der Waals surface area contributed by atoms with E-state index in [0.29, 0.717) is 31.0 Å². The number of ether oxygens (including phenoxy) is 1. The van der Waals surface area contributed by atoms with Crippen LogP contribution >= 0.6 is 0 Å². The smallest absolute Gasteiger partial charge is 0.254 e. The Morgan fingerprint density at radius 3 is 2.81 bits per heavy atom. The first-order chi connectivity index (χ1) is 12.3. The molecule has 8 heteroatoms. The van der Waals surface area contributed by atoms with Crippen molar-refractivity contribution in [3.05, 3.63) is 51.7 Å². The molecule has 0 bridgehead atoms. The fraction of sp³-hybridized carbons (Fsp3) is 0.500. The molecule has 0 aliphatic carbocycles. The number of aromatic amines is 1. The second kappa shape index (κ2) is 7.43. The second-order valence-corrected chi connectivity index (χ2v) is 6.98. The van der Waals surface area contributed by atoms with Crippen LogP contribution < -0.4 is 5.56 Å². The Kier molecular flexibility index (Phi) is 5.24. The zero-order valence-corrected chi connectivity index (χ0v) is 15.6. The maximum atomic E-state index is 13.2. The molecular weight excluding hydrogens is 334 g/mol. The van der Waals surface area contributed by atoms with Gasteiger partial charge in [0.05, 0.1) is 24.9 Å². The summed E-state index contributed by atoms with van der Waals surface area (Å²) in [5.74, 6) is -0.167. The molecule has 1 N–H and O–H groups in total. The van der Waals surface area contributed by atoms with Gasteiger partial charge in [0.15, 0.2) is 0 Å². The maximum absolute atomic E-state index is 13.2. The van der Waals surface area contributed by atoms with Crippen molar-refractivity contribution in [2.75, 3.05) is 33.8 Å². The standard InChI is InChI=1S/C18H25N5O3/c1-12-7-13(8-16(24)20-12)18(25)23-5-6-26-15(11-21(2)3)17(23)14-9-19-22(4)10-14/h7-10,15,17H,5-6,11H2,1-4H3,(H,20,24)/t15-,17-/m0/s1. The second-order valence-electron chi connectivity index (χ2n) is 6.98. The van der Waals surface area contributed by atoms with Crippen LogP contribution in [0.3, 0.4) is 0 Å². The largest absolute Gasteiger partial charge is 0.373 e. The van der Waals surface area contributed by atoms with Crippen molar-refractivity contribution in [1.29, 1.82) is 0 Å². The number of carbonyl (C=O) groups is 1. The SMILES string of the molecule is Cc1cc(C(=O)N2CCO[C@@H](CN(C)C)[C@@H]2c2cnn(C)c2)cc(=O)[nH]1. The molecule has 1 aliphatic rings. The lowest BCUT2D eigenvalue weighted by Crippen LogP contribution is -2.51. The van der Waals surface area contributed by atoms with E-state index < -0.39 is 0 Å². The predicted octanol–water partition coefficient (Wildman–Crippen LogP) is 0.561. The summed E-state index contributed by atoms with van der Waals surface area (Å²) in [7, 11) is 5.80. The summed E-state index contributed by atoms with van der Waals surface area (Å²) in [6.45, 7) is 3.38. The summed E-state index contributed by atoms with van der Waals surface area (Å²) in [5, 5.41) is 4.25. The molecule has 8 nitrogen and oxygen atoms in total. The lowest BCUT2D eigenvalue weighted by Gasteiger charge is -2.41. The highest BCUT2D eigenvalue weighted by molar-refractivity contribution is 5.94. The van der Waals surface area contributed by atoms with E-state index in [0.717, 1.165) is 5.56 Å². The number of carbonyl (C=O) groups excluding carboxylic acids is 1. The van der Waals surface area contributed by atoms with E-state index in [4.69, 9.17) is 4.74 Å². The monoisotopic (exact) mass is 359 g/mol. The van der Waals surface area contributed by atoms with Crippen LogP contribution in [-0.4, -0.2) is 70.4 Å². The van der Waals surface area contributed by atoms with Crippen molar-refractivity contribution in [1.82, 2.24) is 24.6 Å². The molecule has 1 saturated heterocycles. The molecule has 0 aromatic carbocycles. The Bertz CT molecular complexity index is 841. The van der Waals surface area contributed by atoms with E-state index in [2.05, 4.69) is 10.1 Å². The average molecular weight is 359 g/mol. The van der Waals surface area contributed by atoms with E-state index >= 15 is 0 Å². The van der Waals surface area contributed by atoms with Gasteiger partial charge in [-0.05, 0) is 27.1 Å². The summed E-state index contributed by atoms with van der Waals surface area (Å²) in [5.41, 5.74) is 1.71. The molecule has 0 unspecified atom stereocenters. The van der Waals surface area contributed by atoms with Gasteiger partial charge in [0.1, 0.15) is 0 Å². The van der Waals surface area contributed by atoms with Crippen LogP contribution in [0.1, 0.15) is 27.7 Å². The number of amides is 1. The Hall–Kier alpha value is -2.45. The van der Waals surface area contributed by atoms with Crippen LogP contribution in [0.5, 0.6) is 0 Å². The maximum Gasteiger partial charge on any atom is 0.254 e. The van der Waals surface area contributed by atoms with Crippen LogP contribution in [0, 0.1) is 6.92 Å². The molecule has 140 valence electrons. The highest BCUT2D eigenvalue weighted by atomic mass is 16.5. The van der Waals surface area contributed by atoms with Gasteiger partial charge in [0, 0.05) is 49.2 Å². The molecule has 1 fully saturated rings. The van der Waals surface area contributed by atoms with Gasteiger partial charge in [-0.2, -0.15) is 5.10 Å². The van der Waals surface area contributed by atoms with Crippen molar-refractivity contribution in [2.24, 2.45) is 7.05 Å². The number of hydrogen-bond donors (Lipinski definition) is 1. The molecular formula is C18H25N5O3. The Morgan fingerprint density at radius 2 is 2.19 bits per heavy atom. The molecule has 3 heterocycles. The van der Waals surface area contributed by atoms with E-state index in [1.165, 1.54) is 6.07 Å². The minimum absolute atomic E-state index is 0.167. The topological polar surface area (TPSA) is 83.5 Å². The highest BCUT2D eigenvalue weighted by Gasteiger charge is 2.37. The first-order valence-corrected chi connectivity index (χ1v) is 8.62. The molecule has 0 saturated carbocycles. The van der Waals surface area contributed by atoms with Gasteiger partial charge in [-0.15, -0.1) is 0 Å². The lowest BCUT2D eigenvalue weighted by molar-refractivity contribution is -0.0684. The van der Waals surface area contributed by atoms with Gasteiger partial charge in [-0.3, -0.25) is 14.3 Å². The van der Waals surface area contributed by atoms with Gasteiger partial charge in [0.2, 0.25) is 5.56 Å². The Balaban J connectivity index is 1.98. The number of pyridine rings is 1. The molecule has 3 rings (SSSR count). The quantitative estimate of drug-likeness (QED) is 0.862. The van der Waals surface area contributed by atoms with Gasteiger partial charge < -0.3 is 19.5 Å². The fourth-order valence-corrected chi connectivity index (χ4v) is 3.43. The van der Waals surface area contributed by atoms with Crippen LogP contribution in [-0.2, 0) is 11.8 Å². The normalized spacial score (nSPS) is 20.6. The third-order valence-corrected chi connectivity index (χ3v) is 4.45. The summed E-state index contributed by atoms with van der Waals surface area (Å²) in [6, 6.07) is 2.80. The molecule has 2 aromatic rings. The number of aromatic nitrogens is 3. The van der Waals surface area contributed by atoms with Crippen molar-refractivity contribution in [2.45, 2.75) is 19.1 Å². The minimum atomic E-state index is -0.274. The zero-order valence-electron chi connectivity index (χ0n) is 15.6. The van der Waals surface area contributed by atoms with Crippen molar-refractivity contribution in [3.63, 3.8) is 0 Å². The predicted molar refractivity (Wildman–Crippen MR) is 97.1 cm³/mol. The van der Waals surface area contributed by atoms with E-state index in [-0.39, 0.29) is 23.6 Å². The first-order valence-electron chi connectivity index (χ1n) is 8.62. The van der Waals surface area contributed by atoms with Gasteiger partial charge in [-0.1, -0.05) is 0 Å². The van der Waals surface area contributed by atoms with Crippen LogP contribution in [0.4, 0.5) is 0 Å². The number of nitrogens with one attached hydrogen (secondary N) is 1. The molecule has 1 amide bonds. The van der Waals surface area contributed by atoms with Crippen molar-refractivity contribution < 1.29 is 9.53 Å². The highest BCUT2D eigenvalue weighted by Crippen LogP contribution is 2.31. The molecule has 2 aromatic heterocycles. The molecule has 2 atom stereocenters. The third-order valence-electron chi connectivity index (χ3n) is 4.45. The third kappa shape index (κ3) is 3.86. The summed E-state index contributed by atoms with van der Waals surface area (Å²) < 4.78 is 7.71. The summed E-state index contributed by atoms with van der Waals surface area (Å²) >= 11 is 0. The molecule has 1 aliphatic heterocycles. The van der Waals surface area contributed by atoms with Crippen molar-refractivity contribution in [3.8, 4) is 0 Å². The lowest BCUT2D eigenvalue weighted by atomic mass is 9.99. The number of nitrogens with zero attached hydrogens (tertiary/aromatic N) is 4. The number of H-pyrrole nitrogens is 1. The number of rotatable bonds is 4. The van der Waals surface area contributed by atoms with Gasteiger partial charge in [-0.25, -0.2) is 0 Å². The summed E-state index contributed by atoms with van der Waals surface area (Å²) in [4.78, 5) is 31.5. The van der Waals surface area contributed by atoms with Crippen molar-refractivity contribution >= 4 is 5.91 Å². The summed E-state index contributed by atoms with van der Waals surface area (Å²) in [6.07, 6.45) is 3.51. The first kappa shape index (κ1) is 18.3.